The molecule has 0 saturated carbocycles. The van der Waals surface area contributed by atoms with Crippen molar-refractivity contribution >= 4 is 5.97 Å². The van der Waals surface area contributed by atoms with Crippen molar-refractivity contribution in [1.29, 1.82) is 0 Å². The molecule has 0 unspecified atom stereocenters. The Morgan fingerprint density at radius 2 is 2.00 bits per heavy atom. The molecule has 1 aromatic carbocycles. The van der Waals surface area contributed by atoms with Crippen LogP contribution in [0.1, 0.15) is 37.7 Å². The Hall–Kier alpha value is -2.03. The van der Waals surface area contributed by atoms with Gasteiger partial charge in [-0.3, -0.25) is 4.79 Å². The van der Waals surface area contributed by atoms with Crippen molar-refractivity contribution in [2.75, 3.05) is 32.8 Å². The fourth-order valence-corrected chi connectivity index (χ4v) is 3.82. The molecule has 156 valence electrons. The molecule has 0 amide bonds. The second-order valence-electron chi connectivity index (χ2n) is 7.38. The zero-order valence-corrected chi connectivity index (χ0v) is 15.4. The van der Waals surface area contributed by atoms with Crippen molar-refractivity contribution in [3.63, 3.8) is 0 Å². The summed E-state index contributed by atoms with van der Waals surface area (Å²) >= 11 is 0. The van der Waals surface area contributed by atoms with E-state index in [1.54, 1.807) is 6.07 Å². The van der Waals surface area contributed by atoms with Gasteiger partial charge in [0.25, 0.3) is 0 Å². The number of alkyl halides is 3. The van der Waals surface area contributed by atoms with E-state index in [9.17, 15) is 22.4 Å². The number of rotatable bonds is 7. The molecule has 0 aromatic heterocycles. The van der Waals surface area contributed by atoms with Crippen LogP contribution in [0.15, 0.2) is 12.1 Å². The maximum Gasteiger partial charge on any atom is 0.389 e. The second kappa shape index (κ2) is 8.14. The Morgan fingerprint density at radius 3 is 2.64 bits per heavy atom. The van der Waals surface area contributed by atoms with Crippen LogP contribution in [0, 0.1) is 5.82 Å². The zero-order valence-electron chi connectivity index (χ0n) is 15.4. The van der Waals surface area contributed by atoms with Gasteiger partial charge < -0.3 is 19.5 Å². The molecule has 1 N–H and O–H groups in total. The molecule has 1 spiro atoms. The summed E-state index contributed by atoms with van der Waals surface area (Å²) < 4.78 is 62.0. The van der Waals surface area contributed by atoms with Crippen LogP contribution < -0.4 is 9.47 Å². The summed E-state index contributed by atoms with van der Waals surface area (Å²) in [6.07, 6.45) is -3.93. The molecule has 2 aliphatic rings. The Bertz CT molecular complexity index is 715. The minimum absolute atomic E-state index is 0.0871. The van der Waals surface area contributed by atoms with E-state index in [-0.39, 0.29) is 36.4 Å². The Labute approximate surface area is 160 Å². The maximum atomic E-state index is 14.7. The molecule has 2 heterocycles. The highest BCUT2D eigenvalue weighted by atomic mass is 19.4. The van der Waals surface area contributed by atoms with E-state index in [4.69, 9.17) is 14.6 Å². The maximum absolute atomic E-state index is 14.7. The molecule has 2 aliphatic heterocycles. The van der Waals surface area contributed by atoms with Crippen molar-refractivity contribution in [3.05, 3.63) is 23.5 Å². The van der Waals surface area contributed by atoms with Crippen LogP contribution >= 0.6 is 0 Å². The Balaban J connectivity index is 1.61. The van der Waals surface area contributed by atoms with Gasteiger partial charge in [0.05, 0.1) is 19.6 Å². The lowest BCUT2D eigenvalue weighted by Gasteiger charge is -2.38. The predicted molar refractivity (Wildman–Crippen MR) is 92.3 cm³/mol. The van der Waals surface area contributed by atoms with Crippen LogP contribution in [-0.4, -0.2) is 55.0 Å². The first-order valence-corrected chi connectivity index (χ1v) is 9.30. The third-order valence-electron chi connectivity index (χ3n) is 5.44. The Kier molecular flexibility index (Phi) is 6.02. The van der Waals surface area contributed by atoms with Crippen molar-refractivity contribution in [3.8, 4) is 11.5 Å². The lowest BCUT2D eigenvalue weighted by molar-refractivity contribution is -0.138. The molecular formula is C19H23F4NO4. The molecule has 0 atom stereocenters. The van der Waals surface area contributed by atoms with Crippen LogP contribution in [0.3, 0.4) is 0 Å². The number of hydrogen-bond acceptors (Lipinski definition) is 4. The van der Waals surface area contributed by atoms with E-state index in [2.05, 4.69) is 4.90 Å². The summed E-state index contributed by atoms with van der Waals surface area (Å²) in [7, 11) is 0. The van der Waals surface area contributed by atoms with Crippen molar-refractivity contribution in [2.24, 2.45) is 0 Å². The molecule has 3 rings (SSSR count). The lowest BCUT2D eigenvalue weighted by Crippen LogP contribution is -2.44. The summed E-state index contributed by atoms with van der Waals surface area (Å²) in [5.74, 6) is -1.49. The molecule has 9 heteroatoms. The largest absolute Gasteiger partial charge is 0.490 e. The number of carbonyl (C=O) groups is 1. The van der Waals surface area contributed by atoms with Crippen molar-refractivity contribution < 1.29 is 36.9 Å². The number of aliphatic carboxylic acids is 1. The van der Waals surface area contributed by atoms with E-state index < -0.39 is 24.4 Å². The second-order valence-corrected chi connectivity index (χ2v) is 7.38. The molecule has 5 nitrogen and oxygen atoms in total. The van der Waals surface area contributed by atoms with Gasteiger partial charge in [-0.25, -0.2) is 0 Å². The fourth-order valence-electron chi connectivity index (χ4n) is 3.82. The number of piperidine rings is 1. The van der Waals surface area contributed by atoms with Crippen LogP contribution in [0.25, 0.3) is 0 Å². The first-order chi connectivity index (χ1) is 13.2. The molecule has 0 bridgehead atoms. The smallest absolute Gasteiger partial charge is 0.389 e. The molecule has 0 aliphatic carbocycles. The standard InChI is InChI=1S/C19H23F4NO4/c20-16-14(27-11-1-5-19(21,22)23)3-2-13-17(16)28-12-18(13)6-9-24(10-7-18)8-4-15(25)26/h2-3H,1,4-12H2,(H,25,26). The first-order valence-electron chi connectivity index (χ1n) is 9.30. The lowest BCUT2D eigenvalue weighted by atomic mass is 9.74. The monoisotopic (exact) mass is 405 g/mol. The van der Waals surface area contributed by atoms with E-state index in [0.29, 0.717) is 26.2 Å². The summed E-state index contributed by atoms with van der Waals surface area (Å²) in [4.78, 5) is 12.8. The topological polar surface area (TPSA) is 59.0 Å². The van der Waals surface area contributed by atoms with Gasteiger partial charge in [-0.2, -0.15) is 17.6 Å². The van der Waals surface area contributed by atoms with E-state index in [1.165, 1.54) is 6.07 Å². The molecular weight excluding hydrogens is 382 g/mol. The predicted octanol–water partition coefficient (Wildman–Crippen LogP) is 3.75. The van der Waals surface area contributed by atoms with Gasteiger partial charge in [0.1, 0.15) is 0 Å². The third-order valence-corrected chi connectivity index (χ3v) is 5.44. The number of hydrogen-bond donors (Lipinski definition) is 1. The normalized spacial score (nSPS) is 18.7. The van der Waals surface area contributed by atoms with Gasteiger partial charge in [-0.15, -0.1) is 0 Å². The number of carboxylic acid groups (broad SMARTS) is 1. The van der Waals surface area contributed by atoms with E-state index >= 15 is 0 Å². The first kappa shape index (κ1) is 20.7. The van der Waals surface area contributed by atoms with Crippen LogP contribution in [0.5, 0.6) is 11.5 Å². The summed E-state index contributed by atoms with van der Waals surface area (Å²) in [5.41, 5.74) is 0.440. The average molecular weight is 405 g/mol. The number of fused-ring (bicyclic) bond motifs is 2. The number of ether oxygens (including phenoxy) is 2. The van der Waals surface area contributed by atoms with E-state index in [1.807, 2.05) is 0 Å². The number of halogens is 4. The van der Waals surface area contributed by atoms with Crippen molar-refractivity contribution in [2.45, 2.75) is 43.7 Å². The molecule has 1 aromatic rings. The summed E-state index contributed by atoms with van der Waals surface area (Å²) in [6.45, 7) is 2.00. The molecule has 0 radical (unpaired) electrons. The van der Waals surface area contributed by atoms with Gasteiger partial charge in [0.2, 0.25) is 5.82 Å². The quantitative estimate of drug-likeness (QED) is 0.553. The zero-order chi connectivity index (χ0) is 20.4. The highest BCUT2D eigenvalue weighted by molar-refractivity contribution is 5.66. The highest BCUT2D eigenvalue weighted by Crippen LogP contribution is 2.48. The Morgan fingerprint density at radius 1 is 1.29 bits per heavy atom. The van der Waals surface area contributed by atoms with Gasteiger partial charge in [-0.05, 0) is 38.4 Å². The molecule has 1 fully saturated rings. The number of carboxylic acids is 1. The van der Waals surface area contributed by atoms with Gasteiger partial charge in [-0.1, -0.05) is 6.07 Å². The number of benzene rings is 1. The molecule has 28 heavy (non-hydrogen) atoms. The minimum Gasteiger partial charge on any atom is -0.490 e. The van der Waals surface area contributed by atoms with Gasteiger partial charge in [0, 0.05) is 23.9 Å². The van der Waals surface area contributed by atoms with Crippen molar-refractivity contribution in [1.82, 2.24) is 4.90 Å². The van der Waals surface area contributed by atoms with Crippen LogP contribution in [0.4, 0.5) is 17.6 Å². The SMILES string of the molecule is O=C(O)CCN1CCC2(CC1)COc1c2ccc(OCCCC(F)(F)F)c1F. The molecule has 1 saturated heterocycles. The summed E-state index contributed by atoms with van der Waals surface area (Å²) in [5, 5.41) is 8.80. The number of likely N-dealkylation sites (tertiary alicyclic amines) is 1. The highest BCUT2D eigenvalue weighted by Gasteiger charge is 2.44. The number of nitrogens with zero attached hydrogens (tertiary/aromatic N) is 1. The fraction of sp³-hybridized carbons (Fsp3) is 0.632. The van der Waals surface area contributed by atoms with E-state index in [0.717, 1.165) is 18.4 Å². The van der Waals surface area contributed by atoms with Gasteiger partial charge in [0.15, 0.2) is 11.5 Å². The van der Waals surface area contributed by atoms with Gasteiger partial charge >= 0.3 is 12.1 Å². The minimum atomic E-state index is -4.26. The van der Waals surface area contributed by atoms with Crippen LogP contribution in [0.2, 0.25) is 0 Å². The third kappa shape index (κ3) is 4.68. The van der Waals surface area contributed by atoms with Crippen LogP contribution in [-0.2, 0) is 10.2 Å². The summed E-state index contributed by atoms with van der Waals surface area (Å²) in [6, 6.07) is 3.19. The average Bonchev–Trinajstić information content (AvgIpc) is 2.98.